The molecule has 1 aliphatic rings. The van der Waals surface area contributed by atoms with Gasteiger partial charge in [0.15, 0.2) is 17.5 Å². The normalized spacial score (nSPS) is 15.6. The van der Waals surface area contributed by atoms with Crippen LogP contribution in [0, 0.1) is 0 Å². The van der Waals surface area contributed by atoms with Crippen LogP contribution in [0.2, 0.25) is 0 Å². The molecule has 0 saturated heterocycles. The molecule has 2 amide bonds. The van der Waals surface area contributed by atoms with Crippen LogP contribution in [0.25, 0.3) is 0 Å². The number of carbonyl (C=O) groups excluding carboxylic acids is 1. The lowest BCUT2D eigenvalue weighted by molar-refractivity contribution is -0.142. The molecule has 19 heavy (non-hydrogen) atoms. The fourth-order valence-electron chi connectivity index (χ4n) is 1.72. The van der Waals surface area contributed by atoms with Crippen LogP contribution < -0.4 is 20.5 Å². The molecule has 1 aromatic carbocycles. The molecule has 2 rings (SSSR count). The molecule has 1 heterocycles. The monoisotopic (exact) mass is 268 g/mol. The number of primary amides is 1. The predicted molar refractivity (Wildman–Crippen MR) is 61.7 cm³/mol. The van der Waals surface area contributed by atoms with Crippen molar-refractivity contribution in [3.63, 3.8) is 0 Å². The molecule has 0 aliphatic carbocycles. The average Bonchev–Trinajstić information content (AvgIpc) is 2.81. The molecule has 0 radical (unpaired) electrons. The zero-order chi connectivity index (χ0) is 14.0. The first-order valence-electron chi connectivity index (χ1n) is 5.35. The van der Waals surface area contributed by atoms with E-state index in [0.717, 1.165) is 0 Å². The smallest absolute Gasteiger partial charge is 0.329 e. The van der Waals surface area contributed by atoms with E-state index in [9.17, 15) is 14.7 Å². The van der Waals surface area contributed by atoms with Crippen molar-refractivity contribution in [3.05, 3.63) is 23.8 Å². The van der Waals surface area contributed by atoms with Crippen LogP contribution in [-0.4, -0.2) is 35.0 Å². The molecule has 5 N–H and O–H groups in total. The van der Waals surface area contributed by atoms with Gasteiger partial charge in [-0.05, 0) is 17.7 Å². The summed E-state index contributed by atoms with van der Waals surface area (Å²) in [5.74, 6) is -0.491. The highest BCUT2D eigenvalue weighted by Gasteiger charge is 2.30. The topological polar surface area (TPSA) is 131 Å². The van der Waals surface area contributed by atoms with E-state index in [-0.39, 0.29) is 12.4 Å². The maximum atomic E-state index is 11.0. The number of hydrogen-bond acceptors (Lipinski definition) is 5. The first-order valence-corrected chi connectivity index (χ1v) is 5.35. The lowest BCUT2D eigenvalue weighted by Crippen LogP contribution is -2.47. The summed E-state index contributed by atoms with van der Waals surface area (Å²) in [7, 11) is 0. The Morgan fingerprint density at radius 1 is 1.32 bits per heavy atom. The minimum atomic E-state index is -1.54. The molecule has 0 aromatic heterocycles. The van der Waals surface area contributed by atoms with E-state index in [0.29, 0.717) is 11.5 Å². The summed E-state index contributed by atoms with van der Waals surface area (Å²) in [6.07, 6.45) is -1.46. The van der Waals surface area contributed by atoms with Gasteiger partial charge in [-0.2, -0.15) is 0 Å². The van der Waals surface area contributed by atoms with Gasteiger partial charge >= 0.3 is 12.0 Å². The van der Waals surface area contributed by atoms with E-state index in [4.69, 9.17) is 20.3 Å². The average molecular weight is 268 g/mol. The molecule has 0 unspecified atom stereocenters. The van der Waals surface area contributed by atoms with Gasteiger partial charge in [0.1, 0.15) is 6.10 Å². The second-order valence-electron chi connectivity index (χ2n) is 3.88. The van der Waals surface area contributed by atoms with Crippen LogP contribution in [0.5, 0.6) is 11.5 Å². The van der Waals surface area contributed by atoms with Gasteiger partial charge in [0.2, 0.25) is 6.79 Å². The third-order valence-corrected chi connectivity index (χ3v) is 2.62. The van der Waals surface area contributed by atoms with E-state index >= 15 is 0 Å². The lowest BCUT2D eigenvalue weighted by Gasteiger charge is -2.19. The van der Waals surface area contributed by atoms with Gasteiger partial charge in [-0.1, -0.05) is 6.07 Å². The minimum Gasteiger partial charge on any atom is -0.480 e. The molecule has 2 atom stereocenters. The van der Waals surface area contributed by atoms with Gasteiger partial charge in [-0.25, -0.2) is 9.59 Å². The van der Waals surface area contributed by atoms with E-state index < -0.39 is 24.1 Å². The summed E-state index contributed by atoms with van der Waals surface area (Å²) in [6, 6.07) is 1.90. The number of hydrogen-bond donors (Lipinski definition) is 4. The second-order valence-corrected chi connectivity index (χ2v) is 3.88. The van der Waals surface area contributed by atoms with E-state index in [1.165, 1.54) is 12.1 Å². The molecular formula is C11H12N2O6. The molecule has 102 valence electrons. The third kappa shape index (κ3) is 2.68. The summed E-state index contributed by atoms with van der Waals surface area (Å²) in [6.45, 7) is 0.0662. The Balaban J connectivity index is 2.23. The Kier molecular flexibility index (Phi) is 3.43. The maximum absolute atomic E-state index is 11.0. The number of benzene rings is 1. The molecule has 0 bridgehead atoms. The Bertz CT molecular complexity index is 518. The number of nitrogens with one attached hydrogen (secondary N) is 1. The van der Waals surface area contributed by atoms with Crippen molar-refractivity contribution in [2.24, 2.45) is 5.73 Å². The Morgan fingerprint density at radius 2 is 2.00 bits per heavy atom. The number of aliphatic carboxylic acids is 1. The first kappa shape index (κ1) is 13.0. The Labute approximate surface area is 107 Å². The number of carboxylic acids is 1. The molecule has 0 saturated carbocycles. The summed E-state index contributed by atoms with van der Waals surface area (Å²) in [5.41, 5.74) is 5.14. The number of urea groups is 1. The highest BCUT2D eigenvalue weighted by atomic mass is 16.7. The van der Waals surface area contributed by atoms with Crippen LogP contribution in [0.1, 0.15) is 11.7 Å². The lowest BCUT2D eigenvalue weighted by atomic mass is 10.0. The van der Waals surface area contributed by atoms with Crippen LogP contribution in [-0.2, 0) is 4.79 Å². The number of aliphatic hydroxyl groups is 1. The SMILES string of the molecule is NC(=O)N[C@H](C(=O)O)[C@H](O)c1ccc2c(c1)OCO2. The highest BCUT2D eigenvalue weighted by Crippen LogP contribution is 2.34. The summed E-state index contributed by atoms with van der Waals surface area (Å²) in [4.78, 5) is 21.7. The van der Waals surface area contributed by atoms with Gasteiger partial charge in [0, 0.05) is 0 Å². The summed E-state index contributed by atoms with van der Waals surface area (Å²) in [5, 5.41) is 20.9. The zero-order valence-corrected chi connectivity index (χ0v) is 9.70. The third-order valence-electron chi connectivity index (χ3n) is 2.62. The number of ether oxygens (including phenoxy) is 2. The molecule has 0 spiro atoms. The van der Waals surface area contributed by atoms with Crippen molar-refractivity contribution in [1.29, 1.82) is 0 Å². The molecule has 8 heteroatoms. The van der Waals surface area contributed by atoms with Crippen LogP contribution in [0.15, 0.2) is 18.2 Å². The number of nitrogens with two attached hydrogens (primary N) is 1. The second kappa shape index (κ2) is 5.02. The van der Waals surface area contributed by atoms with Gasteiger partial charge in [0.25, 0.3) is 0 Å². The van der Waals surface area contributed by atoms with Gasteiger partial charge < -0.3 is 30.7 Å². The number of rotatable bonds is 4. The zero-order valence-electron chi connectivity index (χ0n) is 9.70. The van der Waals surface area contributed by atoms with Crippen molar-refractivity contribution in [2.75, 3.05) is 6.79 Å². The number of carbonyl (C=O) groups is 2. The van der Waals surface area contributed by atoms with Crippen molar-refractivity contribution >= 4 is 12.0 Å². The fourth-order valence-corrected chi connectivity index (χ4v) is 1.72. The van der Waals surface area contributed by atoms with Crippen molar-refractivity contribution in [3.8, 4) is 11.5 Å². The van der Waals surface area contributed by atoms with Gasteiger partial charge in [0.05, 0.1) is 0 Å². The van der Waals surface area contributed by atoms with Crippen LogP contribution in [0.3, 0.4) is 0 Å². The van der Waals surface area contributed by atoms with Crippen LogP contribution in [0.4, 0.5) is 4.79 Å². The molecule has 0 fully saturated rings. The van der Waals surface area contributed by atoms with Gasteiger partial charge in [-0.3, -0.25) is 0 Å². The molecule has 8 nitrogen and oxygen atoms in total. The molecular weight excluding hydrogens is 256 g/mol. The van der Waals surface area contributed by atoms with Crippen molar-refractivity contribution in [2.45, 2.75) is 12.1 Å². The highest BCUT2D eigenvalue weighted by molar-refractivity contribution is 5.82. The number of amides is 2. The number of fused-ring (bicyclic) bond motifs is 1. The van der Waals surface area contributed by atoms with E-state index in [1.54, 1.807) is 6.07 Å². The molecule has 1 aromatic rings. The minimum absolute atomic E-state index is 0.0662. The summed E-state index contributed by atoms with van der Waals surface area (Å²) < 4.78 is 10.2. The first-order chi connectivity index (χ1) is 8.99. The van der Waals surface area contributed by atoms with Crippen molar-refractivity contribution < 1.29 is 29.3 Å². The fraction of sp³-hybridized carbons (Fsp3) is 0.273. The van der Waals surface area contributed by atoms with E-state index in [1.807, 2.05) is 5.32 Å². The standard InChI is InChI=1S/C11H12N2O6/c12-11(17)13-8(10(15)16)9(14)5-1-2-6-7(3-5)19-4-18-6/h1-3,8-9,14H,4H2,(H,15,16)(H3,12,13,17)/t8-,9+/m0/s1. The van der Waals surface area contributed by atoms with Crippen molar-refractivity contribution in [1.82, 2.24) is 5.32 Å². The quantitative estimate of drug-likeness (QED) is 0.586. The molecule has 1 aliphatic heterocycles. The largest absolute Gasteiger partial charge is 0.480 e. The Hall–Kier alpha value is -2.48. The Morgan fingerprint density at radius 3 is 2.63 bits per heavy atom. The number of carboxylic acid groups (broad SMARTS) is 1. The summed E-state index contributed by atoms with van der Waals surface area (Å²) >= 11 is 0. The van der Waals surface area contributed by atoms with Gasteiger partial charge in [-0.15, -0.1) is 0 Å². The van der Waals surface area contributed by atoms with E-state index in [2.05, 4.69) is 0 Å². The number of aliphatic hydroxyl groups excluding tert-OH is 1. The predicted octanol–water partition coefficient (Wildman–Crippen LogP) is -0.430. The van der Waals surface area contributed by atoms with Crippen LogP contribution >= 0.6 is 0 Å². The maximum Gasteiger partial charge on any atom is 0.329 e.